The monoisotopic (exact) mass is 215 g/mol. The Morgan fingerprint density at radius 1 is 1.55 bits per heavy atom. The van der Waals surface area contributed by atoms with E-state index in [1.54, 1.807) is 7.05 Å². The third kappa shape index (κ3) is 12.9. The fourth-order valence-electron chi connectivity index (χ4n) is 0.525. The molecule has 0 amide bonds. The summed E-state index contributed by atoms with van der Waals surface area (Å²) in [6.45, 7) is 4.20. The van der Waals surface area contributed by atoms with Crippen LogP contribution in [-0.4, -0.2) is 23.5 Å². The number of nitrogens with one attached hydrogen (secondary N) is 1. The fraction of sp³-hybridized carbons (Fsp3) is 1.00. The molecule has 0 spiro atoms. The van der Waals surface area contributed by atoms with Crippen molar-refractivity contribution in [1.82, 2.24) is 5.43 Å². The molecule has 0 saturated carbocycles. The summed E-state index contributed by atoms with van der Waals surface area (Å²) < 4.78 is 3.73. The van der Waals surface area contributed by atoms with Gasteiger partial charge in [-0.05, 0) is 7.05 Å². The average molecular weight is 216 g/mol. The first-order valence-electron chi connectivity index (χ1n) is 3.68. The predicted molar refractivity (Wildman–Crippen MR) is 49.1 cm³/mol. The number of azide groups is 1. The third-order valence-corrected chi connectivity index (χ3v) is 6.01. The molecule has 6 heteroatoms. The van der Waals surface area contributed by atoms with Crippen molar-refractivity contribution < 1.29 is 0 Å². The van der Waals surface area contributed by atoms with E-state index in [0.29, 0.717) is 0 Å². The Morgan fingerprint density at radius 3 is 2.00 bits per heavy atom. The summed E-state index contributed by atoms with van der Waals surface area (Å²) in [5.41, 5.74) is 10.3. The second-order valence-corrected chi connectivity index (χ2v) is 8.62. The van der Waals surface area contributed by atoms with E-state index in [0.717, 1.165) is 9.95 Å². The van der Waals surface area contributed by atoms with E-state index in [-0.39, 0.29) is 0 Å². The number of hydrogen-bond acceptors (Lipinski definition) is 3. The maximum absolute atomic E-state index is 8.00. The van der Waals surface area contributed by atoms with Gasteiger partial charge in [0.25, 0.3) is 0 Å². The normalized spacial score (nSPS) is 7.27. The van der Waals surface area contributed by atoms with Crippen LogP contribution in [0.3, 0.4) is 0 Å². The van der Waals surface area contributed by atoms with Crippen LogP contribution in [0.4, 0.5) is 0 Å². The van der Waals surface area contributed by atoms with E-state index in [1.807, 2.05) is 0 Å². The van der Waals surface area contributed by atoms with Gasteiger partial charge in [0.1, 0.15) is 0 Å². The molecule has 0 aliphatic heterocycles. The van der Waals surface area contributed by atoms with Gasteiger partial charge in [-0.1, -0.05) is 0 Å². The van der Waals surface area contributed by atoms with Crippen LogP contribution in [-0.2, 0) is 0 Å². The molecule has 0 aromatic carbocycles. The van der Waals surface area contributed by atoms with Gasteiger partial charge in [0.2, 0.25) is 0 Å². The van der Waals surface area contributed by atoms with Crippen molar-refractivity contribution >= 4 is 16.5 Å². The van der Waals surface area contributed by atoms with E-state index in [1.165, 1.54) is 0 Å². The van der Waals surface area contributed by atoms with E-state index in [9.17, 15) is 0 Å². The van der Waals surface area contributed by atoms with Gasteiger partial charge in [0.15, 0.2) is 0 Å². The third-order valence-electron chi connectivity index (χ3n) is 1.16. The Kier molecular flexibility index (Phi) is 15.3. The van der Waals surface area contributed by atoms with Crippen molar-refractivity contribution in [3.63, 3.8) is 0 Å². The zero-order valence-electron chi connectivity index (χ0n) is 7.41. The molecule has 0 bridgehead atoms. The zero-order chi connectivity index (χ0) is 9.11. The van der Waals surface area contributed by atoms with Crippen LogP contribution < -0.4 is 11.3 Å². The molecule has 3 N–H and O–H groups in total. The Bertz CT molecular complexity index is 107. The van der Waals surface area contributed by atoms with E-state index in [2.05, 4.69) is 33.8 Å². The van der Waals surface area contributed by atoms with Crippen LogP contribution in [0, 0.1) is 0 Å². The summed E-state index contributed by atoms with van der Waals surface area (Å²) in [5, 5.41) is 0. The summed E-state index contributed by atoms with van der Waals surface area (Å²) >= 11 is -1.40. The van der Waals surface area contributed by atoms with Crippen LogP contribution in [0.5, 0.6) is 0 Å². The van der Waals surface area contributed by atoms with Gasteiger partial charge in [-0.2, -0.15) is 0 Å². The van der Waals surface area contributed by atoms with Gasteiger partial charge in [-0.3, -0.25) is 11.3 Å². The Labute approximate surface area is 73.2 Å². The molecule has 11 heavy (non-hydrogen) atoms. The Balaban J connectivity index is 0. The minimum absolute atomic E-state index is 1.13. The van der Waals surface area contributed by atoms with Crippen LogP contribution in [0.15, 0.2) is 3.82 Å². The second-order valence-electron chi connectivity index (χ2n) is 1.96. The molecule has 0 aromatic heterocycles. The zero-order valence-corrected chi connectivity index (χ0v) is 9.83. The first-order valence-corrected chi connectivity index (χ1v) is 8.19. The first kappa shape index (κ1) is 13.5. The van der Waals surface area contributed by atoms with Gasteiger partial charge < -0.3 is 0 Å². The van der Waals surface area contributed by atoms with Crippen LogP contribution in [0.2, 0.25) is 9.95 Å². The molecule has 0 rings (SSSR count). The molecule has 0 fully saturated rings. The molecule has 0 heterocycles. The molecule has 0 aliphatic rings. The standard InChI is InChI=1S/2C2H5.CH6N2.Ga.N3/c2*1-2;1-3-2;;1-3-2/h2*1H2,2H3;3H,2H2,1H3;;/q;;;+1;-1. The van der Waals surface area contributed by atoms with E-state index < -0.39 is 16.5 Å². The number of hydrazine groups is 1. The number of rotatable bonds is 3. The van der Waals surface area contributed by atoms with E-state index >= 15 is 0 Å². The van der Waals surface area contributed by atoms with Gasteiger partial charge in [0, 0.05) is 0 Å². The van der Waals surface area contributed by atoms with Gasteiger partial charge in [-0.15, -0.1) is 0 Å². The van der Waals surface area contributed by atoms with Crippen LogP contribution in [0.25, 0.3) is 10.4 Å². The second kappa shape index (κ2) is 12.5. The first-order chi connectivity index (χ1) is 5.26. The topological polar surface area (TPSA) is 86.8 Å². The molecule has 0 radical (unpaired) electrons. The SMILES string of the molecule is CNN.C[CH2][Ga]([CH2]C)[N]=[N+]=[N-]. The molecule has 0 saturated heterocycles. The summed E-state index contributed by atoms with van der Waals surface area (Å²) in [4.78, 5) is 5.05. The summed E-state index contributed by atoms with van der Waals surface area (Å²) in [5.74, 6) is 4.60. The molecule has 0 atom stereocenters. The quantitative estimate of drug-likeness (QED) is 0.186. The molecule has 64 valence electrons. The number of nitrogens with zero attached hydrogens (tertiary/aromatic N) is 3. The average Bonchev–Trinajstić information content (AvgIpc) is 2.02. The molecule has 0 aromatic rings. The van der Waals surface area contributed by atoms with Crippen LogP contribution >= 0.6 is 0 Å². The fourth-order valence-corrected chi connectivity index (χ4v) is 2.73. The van der Waals surface area contributed by atoms with Gasteiger partial charge in [-0.25, -0.2) is 0 Å². The molecular weight excluding hydrogens is 200 g/mol. The molecule has 0 aliphatic carbocycles. The van der Waals surface area contributed by atoms with Crippen LogP contribution in [0.1, 0.15) is 13.8 Å². The summed E-state index contributed by atoms with van der Waals surface area (Å²) in [6, 6.07) is 0. The van der Waals surface area contributed by atoms with Crippen molar-refractivity contribution in [3.8, 4) is 0 Å². The molecule has 0 unspecified atom stereocenters. The van der Waals surface area contributed by atoms with Crippen molar-refractivity contribution in [2.75, 3.05) is 7.05 Å². The number of nitrogens with two attached hydrogens (primary N) is 1. The van der Waals surface area contributed by atoms with E-state index in [4.69, 9.17) is 5.53 Å². The molecular formula is C5H16GaN5. The Hall–Kier alpha value is -0.134. The van der Waals surface area contributed by atoms with Gasteiger partial charge >= 0.3 is 54.5 Å². The minimum atomic E-state index is -1.40. The van der Waals surface area contributed by atoms with Crippen molar-refractivity contribution in [3.05, 3.63) is 10.4 Å². The van der Waals surface area contributed by atoms with Crippen molar-refractivity contribution in [2.45, 2.75) is 23.8 Å². The Morgan fingerprint density at radius 2 is 1.91 bits per heavy atom. The van der Waals surface area contributed by atoms with Crippen molar-refractivity contribution in [2.24, 2.45) is 9.66 Å². The summed E-state index contributed by atoms with van der Waals surface area (Å²) in [7, 11) is 1.65. The van der Waals surface area contributed by atoms with Gasteiger partial charge in [0.05, 0.1) is 0 Å². The maximum atomic E-state index is 8.00. The predicted octanol–water partition coefficient (Wildman–Crippen LogP) is 1.41. The molecule has 5 nitrogen and oxygen atoms in total. The summed E-state index contributed by atoms with van der Waals surface area (Å²) in [6.07, 6.45) is 0. The number of hydrogen-bond donors (Lipinski definition) is 2. The van der Waals surface area contributed by atoms with Crippen molar-refractivity contribution in [1.29, 1.82) is 0 Å².